The third-order valence-corrected chi connectivity index (χ3v) is 4.64. The van der Waals surface area contributed by atoms with Gasteiger partial charge in [-0.25, -0.2) is 0 Å². The smallest absolute Gasteiger partial charge is 0.247 e. The highest BCUT2D eigenvalue weighted by atomic mass is 35.5. The number of thioether (sulfide) groups is 1. The highest BCUT2D eigenvalue weighted by Gasteiger charge is 2.15. The van der Waals surface area contributed by atoms with Gasteiger partial charge in [0.2, 0.25) is 5.91 Å². The molecule has 8 heteroatoms. The van der Waals surface area contributed by atoms with E-state index < -0.39 is 0 Å². The fourth-order valence-corrected chi connectivity index (χ4v) is 3.42. The van der Waals surface area contributed by atoms with Gasteiger partial charge in [-0.2, -0.15) is 4.80 Å². The van der Waals surface area contributed by atoms with E-state index in [-0.39, 0.29) is 5.91 Å². The highest BCUT2D eigenvalue weighted by molar-refractivity contribution is 7.99. The van der Waals surface area contributed by atoms with E-state index in [1.807, 2.05) is 23.1 Å². The number of hydrogen-bond donors (Lipinski definition) is 0. The van der Waals surface area contributed by atoms with Crippen molar-refractivity contribution in [2.75, 3.05) is 18.2 Å². The van der Waals surface area contributed by atoms with Crippen LogP contribution in [0.4, 0.5) is 0 Å². The monoisotopic (exact) mass is 349 g/mol. The average Bonchev–Trinajstić information content (AvgIpc) is 3.18. The number of rotatable bonds is 4. The SMILES string of the molecule is Cc1nnn(Cc2cc(Cl)ccc2/C=C/C(=O)N2CCSC2)n1. The zero-order valence-electron chi connectivity index (χ0n) is 12.6. The Morgan fingerprint density at radius 1 is 1.48 bits per heavy atom. The van der Waals surface area contributed by atoms with Gasteiger partial charge in [-0.1, -0.05) is 17.7 Å². The molecule has 120 valence electrons. The number of tetrazole rings is 1. The summed E-state index contributed by atoms with van der Waals surface area (Å²) >= 11 is 7.86. The van der Waals surface area contributed by atoms with Gasteiger partial charge in [0.25, 0.3) is 0 Å². The maximum Gasteiger partial charge on any atom is 0.247 e. The zero-order chi connectivity index (χ0) is 16.2. The first-order valence-corrected chi connectivity index (χ1v) is 8.72. The summed E-state index contributed by atoms with van der Waals surface area (Å²) in [7, 11) is 0. The molecular weight excluding hydrogens is 334 g/mol. The molecule has 1 aliphatic rings. The van der Waals surface area contributed by atoms with Crippen LogP contribution in [-0.2, 0) is 11.3 Å². The van der Waals surface area contributed by atoms with E-state index in [2.05, 4.69) is 15.4 Å². The van der Waals surface area contributed by atoms with Gasteiger partial charge in [0, 0.05) is 23.4 Å². The van der Waals surface area contributed by atoms with Crippen molar-refractivity contribution in [3.05, 3.63) is 46.2 Å². The van der Waals surface area contributed by atoms with Gasteiger partial charge in [0.15, 0.2) is 5.82 Å². The molecule has 0 saturated carbocycles. The largest absolute Gasteiger partial charge is 0.329 e. The molecule has 0 bridgehead atoms. The van der Waals surface area contributed by atoms with Gasteiger partial charge >= 0.3 is 0 Å². The molecule has 0 unspecified atom stereocenters. The number of aryl methyl sites for hydroxylation is 1. The van der Waals surface area contributed by atoms with Crippen LogP contribution >= 0.6 is 23.4 Å². The third kappa shape index (κ3) is 4.11. The first kappa shape index (κ1) is 16.0. The van der Waals surface area contributed by atoms with Crippen LogP contribution in [0.15, 0.2) is 24.3 Å². The molecule has 1 aromatic carbocycles. The minimum Gasteiger partial charge on any atom is -0.329 e. The fourth-order valence-electron chi connectivity index (χ4n) is 2.27. The van der Waals surface area contributed by atoms with Crippen LogP contribution < -0.4 is 0 Å². The molecule has 2 aromatic rings. The van der Waals surface area contributed by atoms with E-state index in [0.29, 0.717) is 17.4 Å². The summed E-state index contributed by atoms with van der Waals surface area (Å²) in [6.07, 6.45) is 3.43. The number of amides is 1. The van der Waals surface area contributed by atoms with Crippen molar-refractivity contribution in [3.8, 4) is 0 Å². The standard InChI is InChI=1S/C15H16ClN5OS/c1-11-17-19-21(18-11)9-13-8-14(16)4-2-12(13)3-5-15(22)20-6-7-23-10-20/h2-5,8H,6-7,9-10H2,1H3/b5-3+. The van der Waals surface area contributed by atoms with E-state index in [0.717, 1.165) is 29.3 Å². The lowest BCUT2D eigenvalue weighted by molar-refractivity contribution is -0.124. The number of nitrogens with zero attached hydrogens (tertiary/aromatic N) is 5. The lowest BCUT2D eigenvalue weighted by Gasteiger charge is -2.11. The minimum atomic E-state index is 0.0330. The third-order valence-electron chi connectivity index (χ3n) is 3.44. The van der Waals surface area contributed by atoms with Crippen molar-refractivity contribution in [3.63, 3.8) is 0 Å². The molecule has 1 aliphatic heterocycles. The Morgan fingerprint density at radius 3 is 3.04 bits per heavy atom. The summed E-state index contributed by atoms with van der Waals surface area (Å²) in [6, 6.07) is 5.56. The molecule has 1 fully saturated rings. The van der Waals surface area contributed by atoms with E-state index in [4.69, 9.17) is 11.6 Å². The summed E-state index contributed by atoms with van der Waals surface area (Å²) in [5, 5.41) is 12.6. The first-order chi connectivity index (χ1) is 11.1. The second-order valence-electron chi connectivity index (χ2n) is 5.18. The maximum atomic E-state index is 12.1. The molecule has 1 amide bonds. The molecule has 0 N–H and O–H groups in total. The van der Waals surface area contributed by atoms with Crippen LogP contribution in [0.3, 0.4) is 0 Å². The van der Waals surface area contributed by atoms with Crippen LogP contribution in [-0.4, -0.2) is 49.2 Å². The summed E-state index contributed by atoms with van der Waals surface area (Å²) in [6.45, 7) is 3.05. The van der Waals surface area contributed by atoms with Crippen molar-refractivity contribution in [1.29, 1.82) is 0 Å². The van der Waals surface area contributed by atoms with Crippen LogP contribution in [0.5, 0.6) is 0 Å². The van der Waals surface area contributed by atoms with Crippen molar-refractivity contribution in [1.82, 2.24) is 25.1 Å². The fraction of sp³-hybridized carbons (Fsp3) is 0.333. The Labute approximate surface area is 143 Å². The molecule has 6 nitrogen and oxygen atoms in total. The van der Waals surface area contributed by atoms with Gasteiger partial charge in [0.1, 0.15) is 0 Å². The second-order valence-corrected chi connectivity index (χ2v) is 6.69. The Morgan fingerprint density at radius 2 is 2.35 bits per heavy atom. The first-order valence-electron chi connectivity index (χ1n) is 7.19. The molecule has 2 heterocycles. The average molecular weight is 350 g/mol. The molecule has 0 aliphatic carbocycles. The number of benzene rings is 1. The lowest BCUT2D eigenvalue weighted by Crippen LogP contribution is -2.25. The predicted octanol–water partition coefficient (Wildman–Crippen LogP) is 2.23. The maximum absolute atomic E-state index is 12.1. The molecule has 3 rings (SSSR count). The molecule has 1 aromatic heterocycles. The van der Waals surface area contributed by atoms with Crippen LogP contribution in [0.2, 0.25) is 5.02 Å². The van der Waals surface area contributed by atoms with E-state index in [1.54, 1.807) is 30.8 Å². The van der Waals surface area contributed by atoms with Gasteiger partial charge in [-0.3, -0.25) is 4.79 Å². The number of halogens is 1. The highest BCUT2D eigenvalue weighted by Crippen LogP contribution is 2.19. The zero-order valence-corrected chi connectivity index (χ0v) is 14.2. The number of hydrogen-bond acceptors (Lipinski definition) is 5. The number of carbonyl (C=O) groups is 1. The van der Waals surface area contributed by atoms with Gasteiger partial charge in [-0.05, 0) is 41.5 Å². The number of carbonyl (C=O) groups excluding carboxylic acids is 1. The van der Waals surface area contributed by atoms with E-state index in [1.165, 1.54) is 4.80 Å². The molecule has 0 spiro atoms. The predicted molar refractivity (Wildman–Crippen MR) is 91.2 cm³/mol. The Bertz CT molecular complexity index is 739. The molecular formula is C15H16ClN5OS. The quantitative estimate of drug-likeness (QED) is 0.792. The molecule has 0 atom stereocenters. The lowest BCUT2D eigenvalue weighted by atomic mass is 10.1. The van der Waals surface area contributed by atoms with Crippen LogP contribution in [0.25, 0.3) is 6.08 Å². The normalized spacial score (nSPS) is 14.8. The molecule has 1 saturated heterocycles. The van der Waals surface area contributed by atoms with E-state index >= 15 is 0 Å². The Hall–Kier alpha value is -1.86. The topological polar surface area (TPSA) is 63.9 Å². The Kier molecular flexibility index (Phi) is 4.97. The van der Waals surface area contributed by atoms with Crippen LogP contribution in [0.1, 0.15) is 17.0 Å². The van der Waals surface area contributed by atoms with Crippen molar-refractivity contribution >= 4 is 35.3 Å². The van der Waals surface area contributed by atoms with E-state index in [9.17, 15) is 4.79 Å². The van der Waals surface area contributed by atoms with Crippen molar-refractivity contribution in [2.24, 2.45) is 0 Å². The minimum absolute atomic E-state index is 0.0330. The van der Waals surface area contributed by atoms with Crippen molar-refractivity contribution in [2.45, 2.75) is 13.5 Å². The van der Waals surface area contributed by atoms with Gasteiger partial charge in [0.05, 0.1) is 12.4 Å². The summed E-state index contributed by atoms with van der Waals surface area (Å²) in [4.78, 5) is 15.5. The summed E-state index contributed by atoms with van der Waals surface area (Å²) < 4.78 is 0. The molecule has 23 heavy (non-hydrogen) atoms. The molecule has 0 radical (unpaired) electrons. The number of aromatic nitrogens is 4. The Balaban J connectivity index is 1.79. The van der Waals surface area contributed by atoms with Crippen molar-refractivity contribution < 1.29 is 4.79 Å². The van der Waals surface area contributed by atoms with Gasteiger partial charge in [-0.15, -0.1) is 22.0 Å². The summed E-state index contributed by atoms with van der Waals surface area (Å²) in [5.41, 5.74) is 1.86. The second kappa shape index (κ2) is 7.14. The van der Waals surface area contributed by atoms with Gasteiger partial charge < -0.3 is 4.90 Å². The summed E-state index contributed by atoms with van der Waals surface area (Å²) in [5.74, 6) is 2.42. The van der Waals surface area contributed by atoms with Crippen LogP contribution in [0, 0.1) is 6.92 Å².